The molecule has 3 heterocycles. The summed E-state index contributed by atoms with van der Waals surface area (Å²) >= 11 is 12.3. The number of rotatable bonds is 9. The van der Waals surface area contributed by atoms with E-state index in [2.05, 4.69) is 29.0 Å². The van der Waals surface area contributed by atoms with Gasteiger partial charge in [-0.25, -0.2) is 18.2 Å². The third-order valence-corrected chi connectivity index (χ3v) is 8.63. The first-order chi connectivity index (χ1) is 17.3. The lowest BCUT2D eigenvalue weighted by atomic mass is 10.0. The van der Waals surface area contributed by atoms with E-state index in [-0.39, 0.29) is 16.7 Å². The summed E-state index contributed by atoms with van der Waals surface area (Å²) in [6.45, 7) is 5.17. The molecule has 2 aromatic rings. The van der Waals surface area contributed by atoms with Crippen molar-refractivity contribution in [3.05, 3.63) is 44.7 Å². The summed E-state index contributed by atoms with van der Waals surface area (Å²) in [6, 6.07) is 6.11. The topological polar surface area (TPSA) is 163 Å². The van der Waals surface area contributed by atoms with Crippen LogP contribution in [0.1, 0.15) is 36.4 Å². The van der Waals surface area contributed by atoms with Crippen LogP contribution in [0, 0.1) is 0 Å². The highest BCUT2D eigenvalue weighted by atomic mass is 35.5. The maximum absolute atomic E-state index is 12.7. The van der Waals surface area contributed by atoms with E-state index in [1.165, 1.54) is 18.3 Å². The van der Waals surface area contributed by atoms with Crippen LogP contribution in [0.25, 0.3) is 0 Å². The Balaban J connectivity index is 0.000000449. The molecule has 1 saturated heterocycles. The zero-order valence-corrected chi connectivity index (χ0v) is 23.4. The van der Waals surface area contributed by atoms with Crippen molar-refractivity contribution in [3.8, 4) is 0 Å². The van der Waals surface area contributed by atoms with Crippen LogP contribution in [0.5, 0.6) is 0 Å². The number of aromatic carboxylic acids is 1. The molecule has 3 rings (SSSR count). The SMILES string of the molecule is CC(C)N1CCC(N(CC(=O)Nc2ccc(Cl)cn2)S(=O)(=O)CC(N)=O)CC1.O=C(O)c1ccc(Cl)s1. The van der Waals surface area contributed by atoms with Gasteiger partial charge in [0.05, 0.1) is 15.9 Å². The highest BCUT2D eigenvalue weighted by Gasteiger charge is 2.35. The zero-order chi connectivity index (χ0) is 27.8. The predicted octanol–water partition coefficient (Wildman–Crippen LogP) is 2.76. The molecule has 0 aromatic carbocycles. The van der Waals surface area contributed by atoms with Crippen LogP contribution in [-0.2, 0) is 19.6 Å². The molecule has 1 aliphatic heterocycles. The summed E-state index contributed by atoms with van der Waals surface area (Å²) in [7, 11) is -4.02. The fourth-order valence-electron chi connectivity index (χ4n) is 3.61. The van der Waals surface area contributed by atoms with Crippen molar-refractivity contribution in [1.82, 2.24) is 14.2 Å². The van der Waals surface area contributed by atoms with Crippen LogP contribution in [-0.4, -0.2) is 83.0 Å². The van der Waals surface area contributed by atoms with Gasteiger partial charge < -0.3 is 21.1 Å². The van der Waals surface area contributed by atoms with E-state index in [0.29, 0.717) is 41.3 Å². The Bertz CT molecular complexity index is 1180. The number of nitrogens with one attached hydrogen (secondary N) is 1. The number of amides is 2. The number of carbonyl (C=O) groups excluding carboxylic acids is 2. The molecule has 37 heavy (non-hydrogen) atoms. The highest BCUT2D eigenvalue weighted by molar-refractivity contribution is 7.89. The lowest BCUT2D eigenvalue weighted by Gasteiger charge is -2.39. The first-order valence-electron chi connectivity index (χ1n) is 11.2. The molecule has 4 N–H and O–H groups in total. The lowest BCUT2D eigenvalue weighted by molar-refractivity contribution is -0.117. The van der Waals surface area contributed by atoms with E-state index >= 15 is 0 Å². The number of anilines is 1. The summed E-state index contributed by atoms with van der Waals surface area (Å²) in [5, 5.41) is 11.3. The molecule has 15 heteroatoms. The van der Waals surface area contributed by atoms with Gasteiger partial charge in [0.25, 0.3) is 0 Å². The Morgan fingerprint density at radius 1 is 1.22 bits per heavy atom. The van der Waals surface area contributed by atoms with Gasteiger partial charge in [0, 0.05) is 18.3 Å². The highest BCUT2D eigenvalue weighted by Crippen LogP contribution is 2.22. The molecule has 0 spiro atoms. The van der Waals surface area contributed by atoms with Gasteiger partial charge in [0.2, 0.25) is 21.8 Å². The van der Waals surface area contributed by atoms with Crippen LogP contribution < -0.4 is 11.1 Å². The van der Waals surface area contributed by atoms with Gasteiger partial charge in [-0.05, 0) is 64.0 Å². The minimum absolute atomic E-state index is 0.260. The van der Waals surface area contributed by atoms with Crippen molar-refractivity contribution in [1.29, 1.82) is 0 Å². The predicted molar refractivity (Wildman–Crippen MR) is 144 cm³/mol. The second kappa shape index (κ2) is 14.0. The summed E-state index contributed by atoms with van der Waals surface area (Å²) < 4.78 is 27.0. The Hall–Kier alpha value is -2.29. The molecule has 0 bridgehead atoms. The molecule has 204 valence electrons. The summed E-state index contributed by atoms with van der Waals surface area (Å²) in [5.74, 6) is -2.99. The van der Waals surface area contributed by atoms with Gasteiger partial charge >= 0.3 is 5.97 Å². The number of aromatic nitrogens is 1. The number of carbonyl (C=O) groups is 3. The number of hydrogen-bond donors (Lipinski definition) is 3. The summed E-state index contributed by atoms with van der Waals surface area (Å²) in [5.41, 5.74) is 5.10. The van der Waals surface area contributed by atoms with Gasteiger partial charge in [-0.2, -0.15) is 4.31 Å². The van der Waals surface area contributed by atoms with Crippen LogP contribution >= 0.6 is 34.5 Å². The Morgan fingerprint density at radius 3 is 2.30 bits per heavy atom. The molecule has 11 nitrogen and oxygen atoms in total. The molecule has 0 saturated carbocycles. The molecule has 1 aliphatic rings. The van der Waals surface area contributed by atoms with Crippen LogP contribution in [0.4, 0.5) is 5.82 Å². The van der Waals surface area contributed by atoms with E-state index in [0.717, 1.165) is 15.6 Å². The average molecular weight is 595 g/mol. The number of nitrogens with zero attached hydrogens (tertiary/aromatic N) is 3. The number of piperidine rings is 1. The standard InChI is InChI=1S/C17H26ClN5O4S.C5H3ClO2S/c1-12(2)22-7-5-14(6-8-22)23(28(26,27)11-15(19)24)10-17(25)21-16-4-3-13(18)9-20-16;6-4-2-1-3(9-4)5(7)8/h3-4,9,12,14H,5-8,10-11H2,1-2H3,(H2,19,24)(H,20,21,25);1-2H,(H,7,8). The van der Waals surface area contributed by atoms with Crippen molar-refractivity contribution >= 4 is 68.2 Å². The Morgan fingerprint density at radius 2 is 1.86 bits per heavy atom. The number of carboxylic acids is 1. The maximum atomic E-state index is 12.7. The van der Waals surface area contributed by atoms with Gasteiger partial charge in [-0.15, -0.1) is 11.3 Å². The van der Waals surface area contributed by atoms with E-state index in [4.69, 9.17) is 34.0 Å². The number of sulfonamides is 1. The van der Waals surface area contributed by atoms with Crippen LogP contribution in [0.2, 0.25) is 9.36 Å². The maximum Gasteiger partial charge on any atom is 0.345 e. The number of carboxylic acid groups (broad SMARTS) is 1. The fourth-order valence-corrected chi connectivity index (χ4v) is 6.11. The number of hydrogen-bond acceptors (Lipinski definition) is 8. The number of primary amides is 1. The van der Waals surface area contributed by atoms with E-state index in [1.807, 2.05) is 0 Å². The van der Waals surface area contributed by atoms with Crippen LogP contribution in [0.15, 0.2) is 30.5 Å². The minimum Gasteiger partial charge on any atom is -0.477 e. The minimum atomic E-state index is -4.02. The monoisotopic (exact) mass is 593 g/mol. The normalized spacial score (nSPS) is 14.8. The zero-order valence-electron chi connectivity index (χ0n) is 20.3. The van der Waals surface area contributed by atoms with Crippen molar-refractivity contribution < 1.29 is 27.9 Å². The smallest absolute Gasteiger partial charge is 0.345 e. The van der Waals surface area contributed by atoms with Gasteiger partial charge in [-0.1, -0.05) is 23.2 Å². The molecular weight excluding hydrogens is 565 g/mol. The Kier molecular flexibility index (Phi) is 11.7. The number of likely N-dealkylation sites (tertiary alicyclic amines) is 1. The van der Waals surface area contributed by atoms with Crippen molar-refractivity contribution in [2.45, 2.75) is 38.8 Å². The first kappa shape index (κ1) is 30.9. The van der Waals surface area contributed by atoms with Crippen molar-refractivity contribution in [2.75, 3.05) is 30.7 Å². The largest absolute Gasteiger partial charge is 0.477 e. The van der Waals surface area contributed by atoms with Gasteiger partial charge in [0.15, 0.2) is 0 Å². The van der Waals surface area contributed by atoms with Crippen molar-refractivity contribution in [3.63, 3.8) is 0 Å². The third-order valence-electron chi connectivity index (χ3n) is 5.40. The molecule has 0 aliphatic carbocycles. The average Bonchev–Trinajstić information content (AvgIpc) is 3.25. The molecule has 2 aromatic heterocycles. The molecule has 0 radical (unpaired) electrons. The summed E-state index contributed by atoms with van der Waals surface area (Å²) in [4.78, 5) is 40.3. The molecule has 0 unspecified atom stereocenters. The number of nitrogens with two attached hydrogens (primary N) is 1. The number of pyridine rings is 1. The molecule has 0 atom stereocenters. The number of halogens is 2. The third kappa shape index (κ3) is 10.2. The second-order valence-electron chi connectivity index (χ2n) is 8.45. The fraction of sp³-hybridized carbons (Fsp3) is 0.455. The van der Waals surface area contributed by atoms with E-state index < -0.39 is 40.1 Å². The van der Waals surface area contributed by atoms with E-state index in [1.54, 1.807) is 12.1 Å². The second-order valence-corrected chi connectivity index (χ2v) is 12.5. The van der Waals surface area contributed by atoms with Gasteiger partial charge in [0.1, 0.15) is 16.4 Å². The lowest BCUT2D eigenvalue weighted by Crippen LogP contribution is -2.52. The summed E-state index contributed by atoms with van der Waals surface area (Å²) in [6.07, 6.45) is 2.52. The number of thiophene rings is 1. The first-order valence-corrected chi connectivity index (χ1v) is 14.4. The molecule has 1 fully saturated rings. The van der Waals surface area contributed by atoms with E-state index in [9.17, 15) is 22.8 Å². The van der Waals surface area contributed by atoms with Crippen LogP contribution in [0.3, 0.4) is 0 Å². The van der Waals surface area contributed by atoms with Crippen molar-refractivity contribution in [2.24, 2.45) is 5.73 Å². The quantitative estimate of drug-likeness (QED) is 0.399. The van der Waals surface area contributed by atoms with Gasteiger partial charge in [-0.3, -0.25) is 9.59 Å². The Labute approximate surface area is 229 Å². The molecule has 2 amide bonds. The molecular formula is C22H29Cl2N5O6S2.